The number of nitrogens with zero attached hydrogens (tertiary/aromatic N) is 1. The standard InChI is InChI=1S/C8H15F2N/c1-6(2)11-4-3-7(5-11)8(9)10/h6-8H,3-5H2,1-2H3/t7-/m0/s1. The van der Waals surface area contributed by atoms with Crippen molar-refractivity contribution in [1.82, 2.24) is 4.90 Å². The van der Waals surface area contributed by atoms with Gasteiger partial charge in [0.15, 0.2) is 0 Å². The van der Waals surface area contributed by atoms with Gasteiger partial charge in [0.2, 0.25) is 6.43 Å². The van der Waals surface area contributed by atoms with Crippen LogP contribution in [-0.2, 0) is 0 Å². The Bertz CT molecular complexity index is 111. The van der Waals surface area contributed by atoms with Crippen LogP contribution in [0.5, 0.6) is 0 Å². The molecule has 0 N–H and O–H groups in total. The number of hydrogen-bond acceptors (Lipinski definition) is 1. The van der Waals surface area contributed by atoms with E-state index in [4.69, 9.17) is 0 Å². The molecule has 1 fully saturated rings. The molecule has 1 aliphatic heterocycles. The minimum atomic E-state index is -2.13. The molecule has 0 aromatic carbocycles. The lowest BCUT2D eigenvalue weighted by molar-refractivity contribution is 0.0786. The van der Waals surface area contributed by atoms with Gasteiger partial charge in [0.05, 0.1) is 0 Å². The largest absolute Gasteiger partial charge is 0.300 e. The first kappa shape index (κ1) is 8.91. The molecule has 0 bridgehead atoms. The second-order valence-electron chi connectivity index (χ2n) is 3.47. The normalized spacial score (nSPS) is 27.3. The summed E-state index contributed by atoms with van der Waals surface area (Å²) < 4.78 is 24.3. The van der Waals surface area contributed by atoms with E-state index in [-0.39, 0.29) is 5.92 Å². The van der Waals surface area contributed by atoms with E-state index in [1.807, 2.05) is 13.8 Å². The molecule has 1 heterocycles. The van der Waals surface area contributed by atoms with E-state index in [0.717, 1.165) is 6.54 Å². The summed E-state index contributed by atoms with van der Waals surface area (Å²) in [5, 5.41) is 0. The fraction of sp³-hybridized carbons (Fsp3) is 1.00. The van der Waals surface area contributed by atoms with Gasteiger partial charge in [-0.25, -0.2) is 8.78 Å². The van der Waals surface area contributed by atoms with Gasteiger partial charge in [0, 0.05) is 18.5 Å². The SMILES string of the molecule is CC(C)N1CC[C@H](C(F)F)C1. The number of likely N-dealkylation sites (tertiary alicyclic amines) is 1. The van der Waals surface area contributed by atoms with Crippen LogP contribution < -0.4 is 0 Å². The van der Waals surface area contributed by atoms with Crippen LogP contribution in [0.3, 0.4) is 0 Å². The van der Waals surface area contributed by atoms with Crippen LogP contribution in [0.15, 0.2) is 0 Å². The van der Waals surface area contributed by atoms with Crippen LogP contribution in [-0.4, -0.2) is 30.5 Å². The van der Waals surface area contributed by atoms with Gasteiger partial charge in [-0.3, -0.25) is 0 Å². The second-order valence-corrected chi connectivity index (χ2v) is 3.47. The second kappa shape index (κ2) is 3.48. The van der Waals surface area contributed by atoms with Crippen LogP contribution in [0.25, 0.3) is 0 Å². The van der Waals surface area contributed by atoms with Crippen molar-refractivity contribution in [2.24, 2.45) is 5.92 Å². The zero-order valence-electron chi connectivity index (χ0n) is 7.06. The Balaban J connectivity index is 2.35. The first-order valence-corrected chi connectivity index (χ1v) is 4.13. The summed E-state index contributed by atoms with van der Waals surface area (Å²) in [6.07, 6.45) is -1.46. The van der Waals surface area contributed by atoms with Crippen LogP contribution in [0, 0.1) is 5.92 Å². The summed E-state index contributed by atoms with van der Waals surface area (Å²) in [6, 6.07) is 0.416. The molecule has 1 atom stereocenters. The Kier molecular flexibility index (Phi) is 2.82. The zero-order chi connectivity index (χ0) is 8.43. The quantitative estimate of drug-likeness (QED) is 0.601. The molecule has 0 aromatic rings. The predicted molar refractivity (Wildman–Crippen MR) is 40.8 cm³/mol. The molecule has 3 heteroatoms. The number of rotatable bonds is 2. The highest BCUT2D eigenvalue weighted by Gasteiger charge is 2.30. The third-order valence-electron chi connectivity index (χ3n) is 2.34. The van der Waals surface area contributed by atoms with E-state index in [9.17, 15) is 8.78 Å². The molecule has 0 unspecified atom stereocenters. The lowest BCUT2D eigenvalue weighted by Gasteiger charge is -2.19. The molecule has 1 saturated heterocycles. The number of hydrogen-bond donors (Lipinski definition) is 0. The van der Waals surface area contributed by atoms with E-state index in [1.54, 1.807) is 0 Å². The molecule has 0 aliphatic carbocycles. The highest BCUT2D eigenvalue weighted by molar-refractivity contribution is 4.78. The van der Waals surface area contributed by atoms with E-state index in [2.05, 4.69) is 4.90 Å². The van der Waals surface area contributed by atoms with Gasteiger partial charge in [0.1, 0.15) is 0 Å². The molecule has 66 valence electrons. The summed E-state index contributed by atoms with van der Waals surface area (Å²) in [5.74, 6) is -0.377. The minimum Gasteiger partial charge on any atom is -0.300 e. The monoisotopic (exact) mass is 163 g/mol. The summed E-state index contributed by atoms with van der Waals surface area (Å²) in [7, 11) is 0. The molecule has 1 aliphatic rings. The molecule has 1 nitrogen and oxygen atoms in total. The van der Waals surface area contributed by atoms with E-state index >= 15 is 0 Å². The molecule has 11 heavy (non-hydrogen) atoms. The molecular formula is C8H15F2N. The van der Waals surface area contributed by atoms with Gasteiger partial charge in [-0.2, -0.15) is 0 Å². The van der Waals surface area contributed by atoms with Crippen molar-refractivity contribution < 1.29 is 8.78 Å². The van der Waals surface area contributed by atoms with Crippen molar-refractivity contribution in [3.8, 4) is 0 Å². The third kappa shape index (κ3) is 2.12. The summed E-state index contributed by atoms with van der Waals surface area (Å²) in [4.78, 5) is 2.11. The van der Waals surface area contributed by atoms with Crippen molar-refractivity contribution in [3.05, 3.63) is 0 Å². The van der Waals surface area contributed by atoms with Gasteiger partial charge >= 0.3 is 0 Å². The number of halogens is 2. The van der Waals surface area contributed by atoms with E-state index in [0.29, 0.717) is 19.0 Å². The fourth-order valence-corrected chi connectivity index (χ4v) is 1.49. The van der Waals surface area contributed by atoms with Crippen molar-refractivity contribution in [3.63, 3.8) is 0 Å². The van der Waals surface area contributed by atoms with Gasteiger partial charge in [-0.05, 0) is 26.8 Å². The average Bonchev–Trinajstić information content (AvgIpc) is 2.33. The highest BCUT2D eigenvalue weighted by atomic mass is 19.3. The van der Waals surface area contributed by atoms with E-state index in [1.165, 1.54) is 0 Å². The lowest BCUT2D eigenvalue weighted by Crippen LogP contribution is -2.29. The smallest absolute Gasteiger partial charge is 0.242 e. The van der Waals surface area contributed by atoms with Crippen LogP contribution in [0.4, 0.5) is 8.78 Å². The Labute approximate surface area is 66.4 Å². The topological polar surface area (TPSA) is 3.24 Å². The predicted octanol–water partition coefficient (Wildman–Crippen LogP) is 1.98. The Hall–Kier alpha value is -0.180. The van der Waals surface area contributed by atoms with Crippen molar-refractivity contribution in [2.45, 2.75) is 32.7 Å². The number of alkyl halides is 2. The van der Waals surface area contributed by atoms with Gasteiger partial charge in [0.25, 0.3) is 0 Å². The van der Waals surface area contributed by atoms with Crippen LogP contribution in [0.2, 0.25) is 0 Å². The first-order valence-electron chi connectivity index (χ1n) is 4.13. The molecule has 1 rings (SSSR count). The van der Waals surface area contributed by atoms with Gasteiger partial charge in [-0.1, -0.05) is 0 Å². The maximum atomic E-state index is 12.1. The lowest BCUT2D eigenvalue weighted by atomic mass is 10.1. The maximum absolute atomic E-state index is 12.1. The van der Waals surface area contributed by atoms with Crippen molar-refractivity contribution in [2.75, 3.05) is 13.1 Å². The molecule has 0 amide bonds. The Morgan fingerprint density at radius 1 is 1.36 bits per heavy atom. The minimum absolute atomic E-state index is 0.377. The maximum Gasteiger partial charge on any atom is 0.242 e. The zero-order valence-corrected chi connectivity index (χ0v) is 7.06. The van der Waals surface area contributed by atoms with E-state index < -0.39 is 6.43 Å². The first-order chi connectivity index (χ1) is 5.11. The average molecular weight is 163 g/mol. The van der Waals surface area contributed by atoms with Gasteiger partial charge < -0.3 is 4.90 Å². The van der Waals surface area contributed by atoms with Crippen LogP contribution >= 0.6 is 0 Å². The summed E-state index contributed by atoms with van der Waals surface area (Å²) in [5.41, 5.74) is 0. The molecule has 0 aromatic heterocycles. The third-order valence-corrected chi connectivity index (χ3v) is 2.34. The summed E-state index contributed by atoms with van der Waals surface area (Å²) in [6.45, 7) is 5.52. The summed E-state index contributed by atoms with van der Waals surface area (Å²) >= 11 is 0. The molecule has 0 saturated carbocycles. The van der Waals surface area contributed by atoms with Crippen LogP contribution in [0.1, 0.15) is 20.3 Å². The molecular weight excluding hydrogens is 148 g/mol. The highest BCUT2D eigenvalue weighted by Crippen LogP contribution is 2.23. The Morgan fingerprint density at radius 2 is 2.00 bits per heavy atom. The van der Waals surface area contributed by atoms with Gasteiger partial charge in [-0.15, -0.1) is 0 Å². The Morgan fingerprint density at radius 3 is 2.27 bits per heavy atom. The molecule has 0 spiro atoms. The fourth-order valence-electron chi connectivity index (χ4n) is 1.49. The molecule has 0 radical (unpaired) electrons. The van der Waals surface area contributed by atoms with Crippen molar-refractivity contribution in [1.29, 1.82) is 0 Å². The van der Waals surface area contributed by atoms with Crippen molar-refractivity contribution >= 4 is 0 Å².